The largest absolute Gasteiger partial charge is 0.411 e. The van der Waals surface area contributed by atoms with E-state index in [0.717, 1.165) is 56.5 Å². The summed E-state index contributed by atoms with van der Waals surface area (Å²) >= 11 is 2.07. The fourth-order valence-corrected chi connectivity index (χ4v) is 8.68. The minimum absolute atomic E-state index is 0.111. The second-order valence-corrected chi connectivity index (χ2v) is 11.5. The van der Waals surface area contributed by atoms with Gasteiger partial charge in [-0.25, -0.2) is 0 Å². The number of nitrogens with zero attached hydrogens (tertiary/aromatic N) is 1. The van der Waals surface area contributed by atoms with Gasteiger partial charge in [0.25, 0.3) is 0 Å². The van der Waals surface area contributed by atoms with Gasteiger partial charge >= 0.3 is 0 Å². The molecule has 4 aliphatic rings. The summed E-state index contributed by atoms with van der Waals surface area (Å²) in [5.41, 5.74) is 6.82. The first-order valence-corrected chi connectivity index (χ1v) is 12.0. The van der Waals surface area contributed by atoms with Crippen molar-refractivity contribution in [2.45, 2.75) is 76.9 Å². The molecule has 0 bridgehead atoms. The number of oxime groups is 1. The average Bonchev–Trinajstić information content (AvgIpc) is 2.96. The fourth-order valence-electron chi connectivity index (χ4n) is 7.40. The molecule has 27 heavy (non-hydrogen) atoms. The third-order valence-electron chi connectivity index (χ3n) is 8.97. The van der Waals surface area contributed by atoms with Gasteiger partial charge in [-0.1, -0.05) is 19.0 Å². The molecule has 5 heteroatoms. The maximum absolute atomic E-state index is 12.6. The highest BCUT2D eigenvalue weighted by molar-refractivity contribution is 7.99. The van der Waals surface area contributed by atoms with Crippen LogP contribution >= 0.6 is 11.8 Å². The van der Waals surface area contributed by atoms with E-state index in [1.54, 1.807) is 0 Å². The van der Waals surface area contributed by atoms with Gasteiger partial charge < -0.3 is 10.9 Å². The van der Waals surface area contributed by atoms with E-state index in [4.69, 9.17) is 5.73 Å². The lowest BCUT2D eigenvalue weighted by Gasteiger charge is -2.60. The zero-order valence-corrected chi connectivity index (χ0v) is 17.8. The molecule has 4 saturated carbocycles. The highest BCUT2D eigenvalue weighted by Gasteiger charge is 2.61. The number of carbonyl (C=O) groups is 1. The molecule has 4 rings (SSSR count). The molecule has 4 fully saturated rings. The third kappa shape index (κ3) is 3.08. The summed E-state index contributed by atoms with van der Waals surface area (Å²) in [5, 5.41) is 14.4. The van der Waals surface area contributed by atoms with Crippen LogP contribution in [0.15, 0.2) is 5.16 Å². The molecule has 3 N–H and O–H groups in total. The Morgan fingerprint density at radius 1 is 1.22 bits per heavy atom. The van der Waals surface area contributed by atoms with Gasteiger partial charge in [-0.15, -0.1) is 0 Å². The summed E-state index contributed by atoms with van der Waals surface area (Å²) < 4.78 is 0. The lowest BCUT2D eigenvalue weighted by atomic mass is 9.45. The zero-order chi connectivity index (χ0) is 19.2. The Kier molecular flexibility index (Phi) is 5.39. The van der Waals surface area contributed by atoms with Crippen LogP contribution in [-0.4, -0.2) is 34.2 Å². The standard InChI is InChI=1S/C22H36N2O2S/c1-21-8-6-14(27-11-3-10-23)12-18(21)19(24-26)13-15-16-4-5-20(25)22(16,2)9-7-17(15)21/h14-18,26H,3-13,23H2,1-2H3/b24-19-/t14?,15-,16-,17+,18?,21+,22-/m0/s1. The third-order valence-corrected chi connectivity index (χ3v) is 10.4. The summed E-state index contributed by atoms with van der Waals surface area (Å²) in [6.07, 6.45) is 9.71. The van der Waals surface area contributed by atoms with Gasteiger partial charge in [0.1, 0.15) is 5.78 Å². The first-order chi connectivity index (χ1) is 12.9. The number of hydrogen-bond acceptors (Lipinski definition) is 5. The van der Waals surface area contributed by atoms with E-state index in [1.807, 2.05) is 0 Å². The lowest BCUT2D eigenvalue weighted by molar-refractivity contribution is -0.133. The summed E-state index contributed by atoms with van der Waals surface area (Å²) in [6, 6.07) is 0. The second-order valence-electron chi connectivity index (χ2n) is 10.1. The highest BCUT2D eigenvalue weighted by Crippen LogP contribution is 2.65. The van der Waals surface area contributed by atoms with Crippen LogP contribution in [0.4, 0.5) is 0 Å². The minimum Gasteiger partial charge on any atom is -0.411 e. The predicted molar refractivity (Wildman–Crippen MR) is 111 cm³/mol. The van der Waals surface area contributed by atoms with Crippen molar-refractivity contribution in [3.63, 3.8) is 0 Å². The SMILES string of the molecule is C[C@]12CCC(SCCCN)CC1/C(=N\O)C[C@@H]1[C@H]2CC[C@]2(C)C(=O)CC[C@@H]12. The molecule has 0 spiro atoms. The minimum atomic E-state index is -0.111. The monoisotopic (exact) mass is 392 g/mol. The Hall–Kier alpha value is -0.550. The Morgan fingerprint density at radius 2 is 2.04 bits per heavy atom. The Balaban J connectivity index is 1.57. The van der Waals surface area contributed by atoms with Crippen molar-refractivity contribution in [2.75, 3.05) is 12.3 Å². The molecule has 7 atom stereocenters. The summed E-state index contributed by atoms with van der Waals surface area (Å²) in [7, 11) is 0. The quantitative estimate of drug-likeness (QED) is 0.420. The first kappa shape index (κ1) is 19.8. The maximum atomic E-state index is 12.6. The van der Waals surface area contributed by atoms with Gasteiger partial charge in [-0.3, -0.25) is 4.79 Å². The Bertz CT molecular complexity index is 623. The molecule has 0 aliphatic heterocycles. The molecule has 152 valence electrons. The van der Waals surface area contributed by atoms with Crippen molar-refractivity contribution in [2.24, 2.45) is 45.4 Å². The second kappa shape index (κ2) is 7.37. The number of thioether (sulfide) groups is 1. The van der Waals surface area contributed by atoms with Gasteiger partial charge in [0.05, 0.1) is 5.71 Å². The van der Waals surface area contributed by atoms with Gasteiger partial charge in [-0.2, -0.15) is 11.8 Å². The van der Waals surface area contributed by atoms with Crippen LogP contribution in [0.2, 0.25) is 0 Å². The lowest BCUT2D eigenvalue weighted by Crippen LogP contribution is -2.56. The fraction of sp³-hybridized carbons (Fsp3) is 0.909. The molecule has 4 nitrogen and oxygen atoms in total. The molecule has 0 heterocycles. The van der Waals surface area contributed by atoms with Gasteiger partial charge in [0, 0.05) is 23.0 Å². The molecule has 0 aromatic carbocycles. The van der Waals surface area contributed by atoms with E-state index in [-0.39, 0.29) is 10.8 Å². The zero-order valence-electron chi connectivity index (χ0n) is 17.0. The number of Topliss-reactive ketones (excluding diaryl/α,β-unsaturated/α-hetero) is 1. The number of nitrogens with two attached hydrogens (primary N) is 1. The van der Waals surface area contributed by atoms with Gasteiger partial charge in [-0.05, 0) is 86.8 Å². The average molecular weight is 393 g/mol. The molecule has 4 aliphatic carbocycles. The van der Waals surface area contributed by atoms with Crippen molar-refractivity contribution in [1.82, 2.24) is 0 Å². The van der Waals surface area contributed by atoms with E-state index in [2.05, 4.69) is 30.8 Å². The predicted octanol–water partition coefficient (Wildman–Crippen LogP) is 4.49. The molecule has 0 saturated heterocycles. The Morgan fingerprint density at radius 3 is 2.78 bits per heavy atom. The van der Waals surface area contributed by atoms with Crippen LogP contribution in [0, 0.1) is 34.5 Å². The maximum Gasteiger partial charge on any atom is 0.139 e. The van der Waals surface area contributed by atoms with E-state index < -0.39 is 0 Å². The van der Waals surface area contributed by atoms with Crippen LogP contribution in [0.1, 0.15) is 71.6 Å². The Labute approximate surface area is 168 Å². The number of fused-ring (bicyclic) bond motifs is 5. The molecule has 2 unspecified atom stereocenters. The summed E-state index contributed by atoms with van der Waals surface area (Å²) in [4.78, 5) is 12.6. The molecular formula is C22H36N2O2S. The molecule has 0 aromatic heterocycles. The van der Waals surface area contributed by atoms with Crippen molar-refractivity contribution in [3.8, 4) is 0 Å². The number of hydrogen-bond donors (Lipinski definition) is 2. The normalized spacial score (nSPS) is 48.2. The number of ketones is 1. The van der Waals surface area contributed by atoms with Crippen molar-refractivity contribution >= 4 is 23.3 Å². The topological polar surface area (TPSA) is 75.7 Å². The van der Waals surface area contributed by atoms with Crippen molar-refractivity contribution in [1.29, 1.82) is 0 Å². The smallest absolute Gasteiger partial charge is 0.139 e. The van der Waals surface area contributed by atoms with Crippen molar-refractivity contribution < 1.29 is 10.0 Å². The summed E-state index contributed by atoms with van der Waals surface area (Å²) in [6.45, 7) is 5.46. The van der Waals surface area contributed by atoms with Gasteiger partial charge in [0.2, 0.25) is 0 Å². The molecular weight excluding hydrogens is 356 g/mol. The van der Waals surface area contributed by atoms with E-state index in [1.165, 1.54) is 19.3 Å². The van der Waals surface area contributed by atoms with E-state index >= 15 is 0 Å². The summed E-state index contributed by atoms with van der Waals surface area (Å²) in [5.74, 6) is 3.76. The number of rotatable bonds is 4. The molecule has 0 amide bonds. The molecule has 0 radical (unpaired) electrons. The van der Waals surface area contributed by atoms with Crippen LogP contribution in [0.25, 0.3) is 0 Å². The van der Waals surface area contributed by atoms with Crippen molar-refractivity contribution in [3.05, 3.63) is 0 Å². The van der Waals surface area contributed by atoms with Gasteiger partial charge in [0.15, 0.2) is 0 Å². The van der Waals surface area contributed by atoms with E-state index in [9.17, 15) is 10.0 Å². The van der Waals surface area contributed by atoms with E-state index in [0.29, 0.717) is 34.7 Å². The van der Waals surface area contributed by atoms with Crippen LogP contribution in [0.5, 0.6) is 0 Å². The molecule has 0 aromatic rings. The first-order valence-electron chi connectivity index (χ1n) is 11.0. The van der Waals surface area contributed by atoms with Crippen LogP contribution in [-0.2, 0) is 4.79 Å². The van der Waals surface area contributed by atoms with Crippen LogP contribution < -0.4 is 5.73 Å². The van der Waals surface area contributed by atoms with Crippen LogP contribution in [0.3, 0.4) is 0 Å². The highest BCUT2D eigenvalue weighted by atomic mass is 32.2. The number of carbonyl (C=O) groups excluding carboxylic acids is 1.